The lowest BCUT2D eigenvalue weighted by Gasteiger charge is -2.14. The number of hydrogen-bond donors (Lipinski definition) is 1. The topological polar surface area (TPSA) is 26.0 Å². The van der Waals surface area contributed by atoms with Gasteiger partial charge in [-0.05, 0) is 35.4 Å². The fourth-order valence-electron chi connectivity index (χ4n) is 2.23. The molecule has 0 saturated carbocycles. The molecule has 0 radical (unpaired) electrons. The van der Waals surface area contributed by atoms with Gasteiger partial charge in [0.2, 0.25) is 0 Å². The summed E-state index contributed by atoms with van der Waals surface area (Å²) in [5, 5.41) is 0. The van der Waals surface area contributed by atoms with Crippen molar-refractivity contribution in [2.24, 2.45) is 11.7 Å². The van der Waals surface area contributed by atoms with Crippen LogP contribution in [0.4, 0.5) is 0 Å². The van der Waals surface area contributed by atoms with Crippen LogP contribution in [0.5, 0.6) is 0 Å². The molecular formula is C18H23N. The van der Waals surface area contributed by atoms with Crippen molar-refractivity contribution in [1.82, 2.24) is 0 Å². The molecule has 1 unspecified atom stereocenters. The summed E-state index contributed by atoms with van der Waals surface area (Å²) in [4.78, 5) is 0. The zero-order chi connectivity index (χ0) is 13.7. The summed E-state index contributed by atoms with van der Waals surface area (Å²) in [5.41, 5.74) is 9.97. The van der Waals surface area contributed by atoms with Gasteiger partial charge in [-0.2, -0.15) is 0 Å². The van der Waals surface area contributed by atoms with Crippen LogP contribution in [0.2, 0.25) is 0 Å². The molecule has 0 aliphatic heterocycles. The van der Waals surface area contributed by atoms with Crippen LogP contribution in [-0.2, 0) is 0 Å². The molecule has 0 saturated heterocycles. The SMILES string of the molecule is CC(C)CCC(N)c1ccc(-c2ccccc2)cc1. The highest BCUT2D eigenvalue weighted by atomic mass is 14.6. The maximum absolute atomic E-state index is 6.23. The molecule has 0 aliphatic carbocycles. The number of hydrogen-bond acceptors (Lipinski definition) is 1. The second-order valence-electron chi connectivity index (χ2n) is 5.57. The summed E-state index contributed by atoms with van der Waals surface area (Å²) in [5.74, 6) is 0.717. The predicted molar refractivity (Wildman–Crippen MR) is 82.9 cm³/mol. The van der Waals surface area contributed by atoms with Gasteiger partial charge in [0.1, 0.15) is 0 Å². The summed E-state index contributed by atoms with van der Waals surface area (Å²) in [6, 6.07) is 19.3. The molecule has 1 atom stereocenters. The molecule has 0 heterocycles. The first-order valence-corrected chi connectivity index (χ1v) is 7.08. The average molecular weight is 253 g/mol. The van der Waals surface area contributed by atoms with E-state index in [1.807, 2.05) is 6.07 Å². The van der Waals surface area contributed by atoms with E-state index < -0.39 is 0 Å². The molecule has 2 rings (SSSR count). The standard InChI is InChI=1S/C18H23N/c1-14(2)8-13-18(19)17-11-9-16(10-12-17)15-6-4-3-5-7-15/h3-7,9-12,14,18H,8,13,19H2,1-2H3. The summed E-state index contributed by atoms with van der Waals surface area (Å²) >= 11 is 0. The zero-order valence-electron chi connectivity index (χ0n) is 11.8. The minimum absolute atomic E-state index is 0.159. The molecule has 0 fully saturated rings. The molecule has 2 aromatic carbocycles. The Morgan fingerprint density at radius 3 is 1.95 bits per heavy atom. The minimum atomic E-state index is 0.159. The normalized spacial score (nSPS) is 12.6. The van der Waals surface area contributed by atoms with Gasteiger partial charge in [-0.1, -0.05) is 68.4 Å². The summed E-state index contributed by atoms with van der Waals surface area (Å²) in [7, 11) is 0. The fraction of sp³-hybridized carbons (Fsp3) is 0.333. The Bertz CT molecular complexity index is 485. The highest BCUT2D eigenvalue weighted by Gasteiger charge is 2.07. The summed E-state index contributed by atoms with van der Waals surface area (Å²) in [6.45, 7) is 4.48. The molecule has 0 spiro atoms. The first-order chi connectivity index (χ1) is 9.16. The molecule has 0 aliphatic rings. The van der Waals surface area contributed by atoms with E-state index in [9.17, 15) is 0 Å². The van der Waals surface area contributed by atoms with Crippen molar-refractivity contribution < 1.29 is 0 Å². The molecular weight excluding hydrogens is 230 g/mol. The van der Waals surface area contributed by atoms with Gasteiger partial charge in [0.05, 0.1) is 0 Å². The van der Waals surface area contributed by atoms with E-state index in [0.717, 1.165) is 12.3 Å². The Balaban J connectivity index is 2.06. The Hall–Kier alpha value is -1.60. The van der Waals surface area contributed by atoms with E-state index in [0.29, 0.717) is 0 Å². The van der Waals surface area contributed by atoms with E-state index in [4.69, 9.17) is 5.73 Å². The van der Waals surface area contributed by atoms with Crippen LogP contribution in [0.1, 0.15) is 38.3 Å². The highest BCUT2D eigenvalue weighted by Crippen LogP contribution is 2.23. The molecule has 19 heavy (non-hydrogen) atoms. The molecule has 1 nitrogen and oxygen atoms in total. The molecule has 0 bridgehead atoms. The molecule has 1 heteroatoms. The van der Waals surface area contributed by atoms with Crippen LogP contribution in [-0.4, -0.2) is 0 Å². The van der Waals surface area contributed by atoms with Crippen molar-refractivity contribution in [3.05, 3.63) is 60.2 Å². The van der Waals surface area contributed by atoms with E-state index >= 15 is 0 Å². The van der Waals surface area contributed by atoms with Crippen molar-refractivity contribution >= 4 is 0 Å². The molecule has 0 amide bonds. The quantitative estimate of drug-likeness (QED) is 0.814. The molecule has 2 N–H and O–H groups in total. The third-order valence-corrected chi connectivity index (χ3v) is 3.50. The minimum Gasteiger partial charge on any atom is -0.324 e. The lowest BCUT2D eigenvalue weighted by atomic mass is 9.96. The Morgan fingerprint density at radius 1 is 0.789 bits per heavy atom. The smallest absolute Gasteiger partial charge is 0.0294 e. The zero-order valence-corrected chi connectivity index (χ0v) is 11.8. The van der Waals surface area contributed by atoms with Crippen LogP contribution in [0, 0.1) is 5.92 Å². The van der Waals surface area contributed by atoms with Gasteiger partial charge in [-0.15, -0.1) is 0 Å². The van der Waals surface area contributed by atoms with Crippen molar-refractivity contribution in [2.45, 2.75) is 32.7 Å². The predicted octanol–water partition coefficient (Wildman–Crippen LogP) is 4.79. The van der Waals surface area contributed by atoms with Crippen LogP contribution in [0.25, 0.3) is 11.1 Å². The van der Waals surface area contributed by atoms with E-state index in [-0.39, 0.29) is 6.04 Å². The van der Waals surface area contributed by atoms with Gasteiger partial charge in [-0.3, -0.25) is 0 Å². The third kappa shape index (κ3) is 3.93. The number of rotatable bonds is 5. The van der Waals surface area contributed by atoms with Crippen molar-refractivity contribution in [3.63, 3.8) is 0 Å². The largest absolute Gasteiger partial charge is 0.324 e. The van der Waals surface area contributed by atoms with Gasteiger partial charge in [0, 0.05) is 6.04 Å². The summed E-state index contributed by atoms with van der Waals surface area (Å²) in [6.07, 6.45) is 2.24. The first-order valence-electron chi connectivity index (χ1n) is 7.08. The van der Waals surface area contributed by atoms with Gasteiger partial charge >= 0.3 is 0 Å². The lowest BCUT2D eigenvalue weighted by Crippen LogP contribution is -2.11. The molecule has 0 aromatic heterocycles. The van der Waals surface area contributed by atoms with Gasteiger partial charge in [0.25, 0.3) is 0 Å². The van der Waals surface area contributed by atoms with Crippen LogP contribution >= 0.6 is 0 Å². The molecule has 2 aromatic rings. The number of nitrogens with two attached hydrogens (primary N) is 1. The van der Waals surface area contributed by atoms with Crippen molar-refractivity contribution in [1.29, 1.82) is 0 Å². The van der Waals surface area contributed by atoms with Gasteiger partial charge < -0.3 is 5.73 Å². The Labute approximate surface area is 116 Å². The van der Waals surface area contributed by atoms with E-state index in [1.54, 1.807) is 0 Å². The maximum atomic E-state index is 6.23. The Kier molecular flexibility index (Phi) is 4.75. The van der Waals surface area contributed by atoms with Gasteiger partial charge in [0.15, 0.2) is 0 Å². The Morgan fingerprint density at radius 2 is 1.37 bits per heavy atom. The second-order valence-corrected chi connectivity index (χ2v) is 5.57. The van der Waals surface area contributed by atoms with E-state index in [1.165, 1.54) is 23.1 Å². The molecule has 100 valence electrons. The lowest BCUT2D eigenvalue weighted by molar-refractivity contribution is 0.507. The summed E-state index contributed by atoms with van der Waals surface area (Å²) < 4.78 is 0. The third-order valence-electron chi connectivity index (χ3n) is 3.50. The number of benzene rings is 2. The second kappa shape index (κ2) is 6.53. The van der Waals surface area contributed by atoms with E-state index in [2.05, 4.69) is 62.4 Å². The van der Waals surface area contributed by atoms with Crippen LogP contribution in [0.3, 0.4) is 0 Å². The van der Waals surface area contributed by atoms with Gasteiger partial charge in [-0.25, -0.2) is 0 Å². The monoisotopic (exact) mass is 253 g/mol. The van der Waals surface area contributed by atoms with Crippen molar-refractivity contribution in [3.8, 4) is 11.1 Å². The maximum Gasteiger partial charge on any atom is 0.0294 e. The first kappa shape index (κ1) is 13.8. The van der Waals surface area contributed by atoms with Crippen molar-refractivity contribution in [2.75, 3.05) is 0 Å². The van der Waals surface area contributed by atoms with Crippen LogP contribution < -0.4 is 5.73 Å². The average Bonchev–Trinajstić information content (AvgIpc) is 2.46. The van der Waals surface area contributed by atoms with Crippen LogP contribution in [0.15, 0.2) is 54.6 Å². The highest BCUT2D eigenvalue weighted by molar-refractivity contribution is 5.63. The fourth-order valence-corrected chi connectivity index (χ4v) is 2.23.